The van der Waals surface area contributed by atoms with Gasteiger partial charge in [0.2, 0.25) is 0 Å². The van der Waals surface area contributed by atoms with Gasteiger partial charge in [-0.15, -0.1) is 0 Å². The molecule has 1 aromatic rings. The van der Waals surface area contributed by atoms with Gasteiger partial charge in [-0.2, -0.15) is 0 Å². The van der Waals surface area contributed by atoms with Gasteiger partial charge in [-0.05, 0) is 24.6 Å². The standard InChI is InChI=1S/C14H23N3O3S/c1-4-15-14(16-8-9-21(3,18)19)17-11-12-6-5-7-13(10-12)20-2/h5-7,10H,4,8-9,11H2,1-3H3,(H2,15,16,17). The Balaban J connectivity index is 2.61. The number of aliphatic imine (C=N–C) groups is 1. The SMILES string of the molecule is CCNC(=NCc1cccc(OC)c1)NCCS(C)(=O)=O. The van der Waals surface area contributed by atoms with Crippen LogP contribution in [0.2, 0.25) is 0 Å². The molecule has 0 saturated heterocycles. The molecule has 118 valence electrons. The van der Waals surface area contributed by atoms with Crippen LogP contribution in [-0.2, 0) is 16.4 Å². The third-order valence-electron chi connectivity index (χ3n) is 2.66. The number of sulfone groups is 1. The van der Waals surface area contributed by atoms with Gasteiger partial charge in [0.25, 0.3) is 0 Å². The van der Waals surface area contributed by atoms with Gasteiger partial charge in [0.15, 0.2) is 5.96 Å². The van der Waals surface area contributed by atoms with E-state index in [1.54, 1.807) is 7.11 Å². The molecule has 0 aliphatic rings. The van der Waals surface area contributed by atoms with E-state index in [0.29, 0.717) is 25.6 Å². The Morgan fingerprint density at radius 2 is 2.10 bits per heavy atom. The second kappa shape index (κ2) is 8.51. The van der Waals surface area contributed by atoms with Crippen molar-refractivity contribution < 1.29 is 13.2 Å². The first-order valence-electron chi connectivity index (χ1n) is 6.77. The Bertz CT molecular complexity index is 571. The van der Waals surface area contributed by atoms with Crippen LogP contribution in [-0.4, -0.2) is 46.6 Å². The highest BCUT2D eigenvalue weighted by Gasteiger charge is 2.03. The Hall–Kier alpha value is -1.76. The highest BCUT2D eigenvalue weighted by Crippen LogP contribution is 2.12. The van der Waals surface area contributed by atoms with E-state index in [1.165, 1.54) is 6.26 Å². The van der Waals surface area contributed by atoms with Crippen LogP contribution in [0.3, 0.4) is 0 Å². The number of ether oxygens (including phenoxy) is 1. The molecule has 0 fully saturated rings. The fourth-order valence-corrected chi connectivity index (χ4v) is 2.11. The fourth-order valence-electron chi connectivity index (χ4n) is 1.64. The van der Waals surface area contributed by atoms with Gasteiger partial charge in [-0.1, -0.05) is 12.1 Å². The maximum absolute atomic E-state index is 11.1. The molecule has 21 heavy (non-hydrogen) atoms. The smallest absolute Gasteiger partial charge is 0.191 e. The van der Waals surface area contributed by atoms with Crippen molar-refractivity contribution in [3.05, 3.63) is 29.8 Å². The highest BCUT2D eigenvalue weighted by molar-refractivity contribution is 7.90. The number of methoxy groups -OCH3 is 1. The van der Waals surface area contributed by atoms with Gasteiger partial charge in [0, 0.05) is 19.3 Å². The van der Waals surface area contributed by atoms with Crippen molar-refractivity contribution in [3.8, 4) is 5.75 Å². The largest absolute Gasteiger partial charge is 0.497 e. The van der Waals surface area contributed by atoms with Crippen LogP contribution in [0.5, 0.6) is 5.75 Å². The van der Waals surface area contributed by atoms with Crippen LogP contribution < -0.4 is 15.4 Å². The zero-order valence-electron chi connectivity index (χ0n) is 12.7. The Kier molecular flexibility index (Phi) is 7.01. The Morgan fingerprint density at radius 3 is 2.71 bits per heavy atom. The molecular formula is C14H23N3O3S. The molecule has 6 nitrogen and oxygen atoms in total. The summed E-state index contributed by atoms with van der Waals surface area (Å²) in [7, 11) is -1.35. The zero-order valence-corrected chi connectivity index (χ0v) is 13.5. The lowest BCUT2D eigenvalue weighted by Crippen LogP contribution is -2.39. The molecule has 0 heterocycles. The summed E-state index contributed by atoms with van der Waals surface area (Å²) in [6.07, 6.45) is 1.22. The molecule has 0 saturated carbocycles. The van der Waals surface area contributed by atoms with Gasteiger partial charge in [0.1, 0.15) is 15.6 Å². The highest BCUT2D eigenvalue weighted by atomic mass is 32.2. The molecule has 0 aliphatic carbocycles. The average molecular weight is 313 g/mol. The lowest BCUT2D eigenvalue weighted by molar-refractivity contribution is 0.414. The Labute approximate surface area is 126 Å². The van der Waals surface area contributed by atoms with Crippen molar-refractivity contribution in [2.24, 2.45) is 4.99 Å². The van der Waals surface area contributed by atoms with E-state index in [1.807, 2.05) is 31.2 Å². The van der Waals surface area contributed by atoms with Crippen molar-refractivity contribution in [2.75, 3.05) is 32.2 Å². The third kappa shape index (κ3) is 7.55. The summed E-state index contributed by atoms with van der Waals surface area (Å²) < 4.78 is 27.4. The van der Waals surface area contributed by atoms with Crippen LogP contribution in [0.1, 0.15) is 12.5 Å². The van der Waals surface area contributed by atoms with Crippen LogP contribution in [0.25, 0.3) is 0 Å². The quantitative estimate of drug-likeness (QED) is 0.575. The van der Waals surface area contributed by atoms with Crippen LogP contribution in [0.15, 0.2) is 29.3 Å². The predicted molar refractivity (Wildman–Crippen MR) is 85.5 cm³/mol. The number of guanidine groups is 1. The summed E-state index contributed by atoms with van der Waals surface area (Å²) in [6.45, 7) is 3.50. The van der Waals surface area contributed by atoms with Crippen LogP contribution >= 0.6 is 0 Å². The molecule has 0 atom stereocenters. The molecule has 0 aromatic heterocycles. The van der Waals surface area contributed by atoms with E-state index in [-0.39, 0.29) is 5.75 Å². The molecule has 1 aromatic carbocycles. The van der Waals surface area contributed by atoms with E-state index in [4.69, 9.17) is 4.74 Å². The van der Waals surface area contributed by atoms with Crippen molar-refractivity contribution in [1.82, 2.24) is 10.6 Å². The summed E-state index contributed by atoms with van der Waals surface area (Å²) in [5, 5.41) is 6.09. The van der Waals surface area contributed by atoms with E-state index in [0.717, 1.165) is 11.3 Å². The maximum Gasteiger partial charge on any atom is 0.191 e. The molecule has 0 amide bonds. The van der Waals surface area contributed by atoms with Gasteiger partial charge >= 0.3 is 0 Å². The van der Waals surface area contributed by atoms with E-state index in [9.17, 15) is 8.42 Å². The molecule has 7 heteroatoms. The van der Waals surface area contributed by atoms with Gasteiger partial charge in [-0.25, -0.2) is 13.4 Å². The van der Waals surface area contributed by atoms with Crippen molar-refractivity contribution in [3.63, 3.8) is 0 Å². The van der Waals surface area contributed by atoms with Crippen LogP contribution in [0.4, 0.5) is 0 Å². The molecule has 2 N–H and O–H groups in total. The first-order chi connectivity index (χ1) is 9.94. The van der Waals surface area contributed by atoms with E-state index < -0.39 is 9.84 Å². The summed E-state index contributed by atoms with van der Waals surface area (Å²) in [6, 6.07) is 7.67. The Morgan fingerprint density at radius 1 is 1.33 bits per heavy atom. The molecule has 0 bridgehead atoms. The number of hydrogen-bond donors (Lipinski definition) is 2. The topological polar surface area (TPSA) is 79.8 Å². The summed E-state index contributed by atoms with van der Waals surface area (Å²) in [4.78, 5) is 4.42. The first-order valence-corrected chi connectivity index (χ1v) is 8.83. The summed E-state index contributed by atoms with van der Waals surface area (Å²) >= 11 is 0. The van der Waals surface area contributed by atoms with Gasteiger partial charge in [-0.3, -0.25) is 0 Å². The minimum atomic E-state index is -2.97. The van der Waals surface area contributed by atoms with Gasteiger partial charge in [0.05, 0.1) is 19.4 Å². The monoisotopic (exact) mass is 313 g/mol. The van der Waals surface area contributed by atoms with Crippen molar-refractivity contribution in [2.45, 2.75) is 13.5 Å². The van der Waals surface area contributed by atoms with Crippen LogP contribution in [0, 0.1) is 0 Å². The first kappa shape index (κ1) is 17.3. The predicted octanol–water partition coefficient (Wildman–Crippen LogP) is 0.795. The molecule has 0 unspecified atom stereocenters. The molecular weight excluding hydrogens is 290 g/mol. The van der Waals surface area contributed by atoms with Crippen molar-refractivity contribution in [1.29, 1.82) is 0 Å². The molecule has 0 spiro atoms. The van der Waals surface area contributed by atoms with E-state index >= 15 is 0 Å². The van der Waals surface area contributed by atoms with E-state index in [2.05, 4.69) is 15.6 Å². The second-order valence-electron chi connectivity index (χ2n) is 4.60. The minimum Gasteiger partial charge on any atom is -0.497 e. The molecule has 0 radical (unpaired) electrons. The number of rotatable bonds is 7. The average Bonchev–Trinajstić information content (AvgIpc) is 2.43. The van der Waals surface area contributed by atoms with Gasteiger partial charge < -0.3 is 15.4 Å². The third-order valence-corrected chi connectivity index (χ3v) is 3.61. The zero-order chi connectivity index (χ0) is 15.7. The molecule has 1 rings (SSSR count). The van der Waals surface area contributed by atoms with Crippen molar-refractivity contribution >= 4 is 15.8 Å². The lowest BCUT2D eigenvalue weighted by atomic mass is 10.2. The minimum absolute atomic E-state index is 0.0799. The number of nitrogens with zero attached hydrogens (tertiary/aromatic N) is 1. The number of nitrogens with one attached hydrogen (secondary N) is 2. The maximum atomic E-state index is 11.1. The lowest BCUT2D eigenvalue weighted by Gasteiger charge is -2.11. The number of benzene rings is 1. The summed E-state index contributed by atoms with van der Waals surface area (Å²) in [5.74, 6) is 1.47. The second-order valence-corrected chi connectivity index (χ2v) is 6.86. The number of hydrogen-bond acceptors (Lipinski definition) is 4. The molecule has 0 aliphatic heterocycles. The summed E-state index contributed by atoms with van der Waals surface area (Å²) in [5.41, 5.74) is 1.02. The normalized spacial score (nSPS) is 12.0. The fraction of sp³-hybridized carbons (Fsp3) is 0.500.